The lowest BCUT2D eigenvalue weighted by molar-refractivity contribution is 0.0750. The number of hydrogen-bond donors (Lipinski definition) is 4. The molecule has 0 unspecified atom stereocenters. The quantitative estimate of drug-likeness (QED) is 0.0595. The Labute approximate surface area is 577 Å². The van der Waals surface area contributed by atoms with Gasteiger partial charge in [0.25, 0.3) is 11.8 Å². The number of ether oxygens (including phenoxy) is 2. The molecule has 2 amide bonds. The van der Waals surface area contributed by atoms with Crippen molar-refractivity contribution in [3.8, 4) is 33.8 Å². The fraction of sp³-hybridized carbons (Fsp3) is 0.250. The molecule has 15 rings (SSSR count). The summed E-state index contributed by atoms with van der Waals surface area (Å²) in [5.41, 5.74) is 23.9. The number of pyridine rings is 3. The Morgan fingerprint density at radius 1 is 0.505 bits per heavy atom. The van der Waals surface area contributed by atoms with Gasteiger partial charge in [-0.1, -0.05) is 25.1 Å². The molecule has 0 bridgehead atoms. The maximum atomic E-state index is 13.0. The molecule has 0 spiro atoms. The Hall–Kier alpha value is -11.1. The molecule has 0 saturated carbocycles. The van der Waals surface area contributed by atoms with Crippen molar-refractivity contribution in [2.45, 2.75) is 48.1 Å². The normalized spacial score (nSPS) is 13.6. The summed E-state index contributed by atoms with van der Waals surface area (Å²) < 4.78 is 17.1. The minimum atomic E-state index is -0.0203. The highest BCUT2D eigenvalue weighted by molar-refractivity contribution is 5.99. The van der Waals surface area contributed by atoms with E-state index < -0.39 is 0 Å². The van der Waals surface area contributed by atoms with Gasteiger partial charge in [-0.15, -0.1) is 0 Å². The van der Waals surface area contributed by atoms with Crippen LogP contribution in [0.25, 0.3) is 50.7 Å². The number of amides is 2. The summed E-state index contributed by atoms with van der Waals surface area (Å²) in [5.74, 6) is 0.0912. The molecule has 504 valence electrons. The van der Waals surface area contributed by atoms with Crippen LogP contribution in [-0.2, 0) is 16.0 Å². The predicted molar refractivity (Wildman–Crippen MR) is 397 cm³/mol. The molecule has 0 radical (unpaired) electrons. The minimum absolute atomic E-state index is 0.0203. The van der Waals surface area contributed by atoms with Gasteiger partial charge in [0, 0.05) is 135 Å². The Morgan fingerprint density at radius 2 is 0.980 bits per heavy atom. The number of benzene rings is 6. The zero-order chi connectivity index (χ0) is 68.5. The fourth-order valence-corrected chi connectivity index (χ4v) is 12.8. The summed E-state index contributed by atoms with van der Waals surface area (Å²) in [5, 5.41) is 13.4. The number of nitrogens with one attached hydrogen (secondary N) is 4. The molecule has 9 heterocycles. The van der Waals surface area contributed by atoms with Gasteiger partial charge < -0.3 is 50.3 Å². The van der Waals surface area contributed by atoms with Crippen LogP contribution in [0.1, 0.15) is 74.1 Å². The number of aromatic nitrogens is 6. The third-order valence-corrected chi connectivity index (χ3v) is 18.7. The first-order valence-electron chi connectivity index (χ1n) is 34.0. The van der Waals surface area contributed by atoms with Crippen LogP contribution in [-0.4, -0.2) is 141 Å². The Bertz CT molecular complexity index is 4850. The monoisotopic (exact) mass is 1320 g/mol. The average molecular weight is 1320 g/mol. The fourth-order valence-electron chi connectivity index (χ4n) is 12.8. The van der Waals surface area contributed by atoms with Gasteiger partial charge in [-0.25, -0.2) is 15.0 Å². The predicted octanol–water partition coefficient (Wildman–Crippen LogP) is 14.7. The molecule has 12 aromatic rings. The molecule has 19 nitrogen and oxygen atoms in total. The van der Waals surface area contributed by atoms with Gasteiger partial charge in [0.1, 0.15) is 0 Å². The number of hydrogen-bond acceptors (Lipinski definition) is 14. The Balaban J connectivity index is 0.000000134. The summed E-state index contributed by atoms with van der Waals surface area (Å²) >= 11 is 0. The van der Waals surface area contributed by atoms with E-state index in [1.54, 1.807) is 19.3 Å². The highest BCUT2D eigenvalue weighted by Gasteiger charge is 2.22. The Morgan fingerprint density at radius 3 is 1.45 bits per heavy atom. The number of Topliss-reactive ketones (excluding diaryl/α,β-unsaturated/α-hetero) is 1. The van der Waals surface area contributed by atoms with Crippen LogP contribution in [0.5, 0.6) is 0 Å². The summed E-state index contributed by atoms with van der Waals surface area (Å²) in [7, 11) is 2.06. The smallest absolute Gasteiger partial charge is 0.253 e. The maximum Gasteiger partial charge on any atom is 0.253 e. The summed E-state index contributed by atoms with van der Waals surface area (Å²) in [4.78, 5) is 59.4. The standard InChI is InChI=1S/C29H32N6O2.C26H26N4O2.C25H26N4O/c1-4-33(3)16-17-34(5-2)29(37)20-6-9-23(10-7-20)32-25-12-13-26(35-15-14-30-27(25)35)21-8-11-24-22(18-21)19-31-28(24)36;1-18-15-20(19(2)31)17-21(16-18)25-8-7-24(26-27-9-10-30(25)26)28-22-3-5-23(6-4-22)29-11-13-32-14-12-29;1-18-3-4-20(17-19(18)2)24-10-9-23(25-26-11-12-29(24)25)27-21-5-7-22(8-6-21)28-13-15-30-16-14-28/h6-15,18,32H,4-5,16-17,19H2,1-3H3,(H,31,36);3-10,15-17,28H,11-14H2,1-2H3;3-12,17,27H,13-16H2,1-2H3. The van der Waals surface area contributed by atoms with E-state index in [1.165, 1.54) is 28.1 Å². The van der Waals surface area contributed by atoms with Crippen molar-refractivity contribution in [3.63, 3.8) is 0 Å². The first-order chi connectivity index (χ1) is 48.2. The van der Waals surface area contributed by atoms with Crippen LogP contribution in [0.2, 0.25) is 0 Å². The molecule has 19 heteroatoms. The van der Waals surface area contributed by atoms with Crippen LogP contribution < -0.4 is 31.1 Å². The number of morpholine rings is 2. The van der Waals surface area contributed by atoms with E-state index in [0.29, 0.717) is 25.2 Å². The highest BCUT2D eigenvalue weighted by atomic mass is 16.5. The topological polar surface area (TPSA) is 183 Å². The lowest BCUT2D eigenvalue weighted by atomic mass is 10.0. The second kappa shape index (κ2) is 30.1. The molecular formula is C80H84N14O5. The number of aryl methyl sites for hydroxylation is 3. The summed E-state index contributed by atoms with van der Waals surface area (Å²) in [6.45, 7) is 22.7. The summed E-state index contributed by atoms with van der Waals surface area (Å²) in [6.07, 6.45) is 11.3. The summed E-state index contributed by atoms with van der Waals surface area (Å²) in [6, 6.07) is 55.6. The lowest BCUT2D eigenvalue weighted by Crippen LogP contribution is -2.37. The van der Waals surface area contributed by atoms with Crippen LogP contribution in [0.3, 0.4) is 0 Å². The number of anilines is 8. The first-order valence-corrected chi connectivity index (χ1v) is 34.0. The van der Waals surface area contributed by atoms with Crippen molar-refractivity contribution in [2.24, 2.45) is 0 Å². The van der Waals surface area contributed by atoms with Gasteiger partial charge in [-0.2, -0.15) is 0 Å². The first kappa shape index (κ1) is 66.5. The van der Waals surface area contributed by atoms with Crippen LogP contribution >= 0.6 is 0 Å². The number of ketones is 1. The van der Waals surface area contributed by atoms with Gasteiger partial charge in [0.05, 0.1) is 60.6 Å². The number of rotatable bonds is 18. The molecule has 2 saturated heterocycles. The van der Waals surface area contributed by atoms with E-state index in [4.69, 9.17) is 9.47 Å². The average Bonchev–Trinajstić information content (AvgIpc) is 1.71. The van der Waals surface area contributed by atoms with Crippen LogP contribution in [0, 0.1) is 20.8 Å². The molecule has 0 atom stereocenters. The van der Waals surface area contributed by atoms with Crippen LogP contribution in [0.15, 0.2) is 201 Å². The zero-order valence-electron chi connectivity index (χ0n) is 57.3. The van der Waals surface area contributed by atoms with Gasteiger partial charge in [0.2, 0.25) is 0 Å². The molecule has 4 N–H and O–H groups in total. The van der Waals surface area contributed by atoms with Crippen molar-refractivity contribution in [1.82, 2.24) is 43.3 Å². The van der Waals surface area contributed by atoms with E-state index in [0.717, 1.165) is 167 Å². The number of fused-ring (bicyclic) bond motifs is 4. The SMILES string of the molecule is CC(=O)c1cc(C)cc(-c2ccc(Nc3ccc(N4CCOCC4)cc3)c3nccn23)c1.CCN(C)CCN(CC)C(=O)c1ccc(Nc2ccc(-c3ccc4c(c3)CNC4=O)n3ccnc23)cc1.Cc1ccc(-c2ccc(Nc3ccc(N4CCOCC4)cc3)c3nccn23)cc1C. The Kier molecular flexibility index (Phi) is 20.2. The minimum Gasteiger partial charge on any atom is -0.378 e. The van der Waals surface area contributed by atoms with Gasteiger partial charge in [-0.3, -0.25) is 27.6 Å². The molecule has 0 aliphatic carbocycles. The molecule has 2 fully saturated rings. The van der Waals surface area contributed by atoms with E-state index in [-0.39, 0.29) is 17.6 Å². The number of carbonyl (C=O) groups excluding carboxylic acids is 3. The van der Waals surface area contributed by atoms with Crippen molar-refractivity contribution < 1.29 is 23.9 Å². The van der Waals surface area contributed by atoms with E-state index in [2.05, 4.69) is 185 Å². The maximum absolute atomic E-state index is 13.0. The number of carbonyl (C=O) groups is 3. The van der Waals surface area contributed by atoms with E-state index >= 15 is 0 Å². The third kappa shape index (κ3) is 15.1. The molecule has 3 aliphatic rings. The van der Waals surface area contributed by atoms with Gasteiger partial charge in [0.15, 0.2) is 22.7 Å². The van der Waals surface area contributed by atoms with E-state index in [9.17, 15) is 14.4 Å². The molecule has 3 aliphatic heterocycles. The largest absolute Gasteiger partial charge is 0.378 e. The van der Waals surface area contributed by atoms with Gasteiger partial charge >= 0.3 is 0 Å². The van der Waals surface area contributed by atoms with Crippen molar-refractivity contribution in [1.29, 1.82) is 0 Å². The number of imidazole rings is 3. The third-order valence-electron chi connectivity index (χ3n) is 18.7. The van der Waals surface area contributed by atoms with E-state index in [1.807, 2.05) is 115 Å². The van der Waals surface area contributed by atoms with Crippen molar-refractivity contribution in [3.05, 3.63) is 240 Å². The second-order valence-electron chi connectivity index (χ2n) is 25.3. The zero-order valence-corrected chi connectivity index (χ0v) is 57.3. The molecule has 6 aromatic heterocycles. The van der Waals surface area contributed by atoms with Crippen molar-refractivity contribution >= 4 is 80.0 Å². The van der Waals surface area contributed by atoms with Crippen LogP contribution in [0.4, 0.5) is 45.5 Å². The molecule has 6 aromatic carbocycles. The second-order valence-corrected chi connectivity index (χ2v) is 25.3. The molecule has 99 heavy (non-hydrogen) atoms. The molecular weight excluding hydrogens is 1240 g/mol. The van der Waals surface area contributed by atoms with Gasteiger partial charge in [-0.05, 0) is 233 Å². The highest BCUT2D eigenvalue weighted by Crippen LogP contribution is 2.34. The number of likely N-dealkylation sites (N-methyl/N-ethyl adjacent to an activating group) is 2. The van der Waals surface area contributed by atoms with Crippen molar-refractivity contribution in [2.75, 3.05) is 112 Å². The lowest BCUT2D eigenvalue weighted by Gasteiger charge is -2.29. The number of nitrogens with zero attached hydrogens (tertiary/aromatic N) is 10.